The van der Waals surface area contributed by atoms with E-state index in [1.807, 2.05) is 18.2 Å². The number of amides is 1. The second-order valence-electron chi connectivity index (χ2n) is 6.68. The third-order valence-electron chi connectivity index (χ3n) is 3.95. The maximum absolute atomic E-state index is 10.8. The van der Waals surface area contributed by atoms with Crippen LogP contribution < -0.4 is 21.1 Å². The van der Waals surface area contributed by atoms with Crippen molar-refractivity contribution in [2.45, 2.75) is 46.3 Å². The fraction of sp³-hybridized carbons (Fsp3) is 0.579. The van der Waals surface area contributed by atoms with Crippen molar-refractivity contribution in [3.05, 3.63) is 29.8 Å². The van der Waals surface area contributed by atoms with Gasteiger partial charge in [0.2, 0.25) is 0 Å². The first kappa shape index (κ1) is 21.8. The first-order valence-corrected chi connectivity index (χ1v) is 9.03. The lowest BCUT2D eigenvalue weighted by Crippen LogP contribution is -2.45. The van der Waals surface area contributed by atoms with Gasteiger partial charge < -0.3 is 21.1 Å². The number of hydrogen-bond acceptors (Lipinski definition) is 4. The molecule has 0 unspecified atom stereocenters. The van der Waals surface area contributed by atoms with Crippen molar-refractivity contribution in [2.75, 3.05) is 26.7 Å². The van der Waals surface area contributed by atoms with E-state index >= 15 is 0 Å². The van der Waals surface area contributed by atoms with Gasteiger partial charge in [-0.25, -0.2) is 0 Å². The minimum atomic E-state index is -0.491. The molecule has 0 aliphatic rings. The molecule has 7 nitrogen and oxygen atoms in total. The summed E-state index contributed by atoms with van der Waals surface area (Å²) in [7, 11) is 1.75. The number of nitrogens with zero attached hydrogens (tertiary/aromatic N) is 2. The molecule has 26 heavy (non-hydrogen) atoms. The Kier molecular flexibility index (Phi) is 9.51. The average molecular weight is 364 g/mol. The Morgan fingerprint density at radius 2 is 1.92 bits per heavy atom. The summed E-state index contributed by atoms with van der Waals surface area (Å²) in [6, 6.07) is 8.56. The van der Waals surface area contributed by atoms with Crippen molar-refractivity contribution in [2.24, 2.45) is 10.7 Å². The van der Waals surface area contributed by atoms with Crippen LogP contribution in [0.4, 0.5) is 0 Å². The minimum Gasteiger partial charge on any atom is -0.484 e. The molecule has 1 amide bonds. The van der Waals surface area contributed by atoms with Crippen molar-refractivity contribution in [3.8, 4) is 5.75 Å². The Labute approximate surface area is 157 Å². The molecule has 0 aromatic heterocycles. The summed E-state index contributed by atoms with van der Waals surface area (Å²) in [5.74, 6) is 0.881. The van der Waals surface area contributed by atoms with Crippen LogP contribution in [-0.2, 0) is 11.3 Å². The van der Waals surface area contributed by atoms with E-state index in [4.69, 9.17) is 10.5 Å². The SMILES string of the molecule is CN=C(NCCN(C(C)C)C(C)C)NCc1cccc(OCC(N)=O)c1. The van der Waals surface area contributed by atoms with Gasteiger partial charge >= 0.3 is 0 Å². The summed E-state index contributed by atoms with van der Waals surface area (Å²) in [6.07, 6.45) is 0. The van der Waals surface area contributed by atoms with Crippen LogP contribution in [0.3, 0.4) is 0 Å². The van der Waals surface area contributed by atoms with Gasteiger partial charge in [0, 0.05) is 38.8 Å². The lowest BCUT2D eigenvalue weighted by atomic mass is 10.2. The molecule has 0 heterocycles. The van der Waals surface area contributed by atoms with E-state index in [1.54, 1.807) is 13.1 Å². The molecule has 0 saturated carbocycles. The summed E-state index contributed by atoms with van der Waals surface area (Å²) in [5, 5.41) is 6.62. The van der Waals surface area contributed by atoms with Crippen molar-refractivity contribution >= 4 is 11.9 Å². The molecule has 146 valence electrons. The maximum atomic E-state index is 10.8. The molecule has 0 bridgehead atoms. The van der Waals surface area contributed by atoms with Crippen molar-refractivity contribution in [1.29, 1.82) is 0 Å². The second kappa shape index (κ2) is 11.4. The lowest BCUT2D eigenvalue weighted by Gasteiger charge is -2.30. The number of primary amides is 1. The van der Waals surface area contributed by atoms with Gasteiger partial charge in [-0.2, -0.15) is 0 Å². The molecular weight excluding hydrogens is 330 g/mol. The topological polar surface area (TPSA) is 92.0 Å². The third kappa shape index (κ3) is 8.20. The van der Waals surface area contributed by atoms with Crippen molar-refractivity contribution < 1.29 is 9.53 Å². The summed E-state index contributed by atoms with van der Waals surface area (Å²) < 4.78 is 5.32. The van der Waals surface area contributed by atoms with Gasteiger partial charge in [0.25, 0.3) is 5.91 Å². The predicted octanol–water partition coefficient (Wildman–Crippen LogP) is 1.33. The maximum Gasteiger partial charge on any atom is 0.255 e. The van der Waals surface area contributed by atoms with E-state index in [0.717, 1.165) is 24.6 Å². The van der Waals surface area contributed by atoms with Gasteiger partial charge in [-0.1, -0.05) is 12.1 Å². The van der Waals surface area contributed by atoms with Gasteiger partial charge in [-0.3, -0.25) is 14.7 Å². The molecule has 0 fully saturated rings. The normalized spacial score (nSPS) is 11.9. The fourth-order valence-corrected chi connectivity index (χ4v) is 2.72. The quantitative estimate of drug-likeness (QED) is 0.431. The molecule has 0 saturated heterocycles. The molecule has 0 aliphatic carbocycles. The highest BCUT2D eigenvalue weighted by Crippen LogP contribution is 2.13. The molecule has 1 aromatic rings. The Balaban J connectivity index is 2.47. The van der Waals surface area contributed by atoms with E-state index in [0.29, 0.717) is 24.4 Å². The standard InChI is InChI=1S/C19H33N5O2/c1-14(2)24(15(3)4)10-9-22-19(21-5)23-12-16-7-6-8-17(11-16)26-13-18(20)25/h6-8,11,14-15H,9-10,12-13H2,1-5H3,(H2,20,25)(H2,21,22,23). The molecule has 1 rings (SSSR count). The van der Waals surface area contributed by atoms with Crippen LogP contribution in [0.1, 0.15) is 33.3 Å². The first-order chi connectivity index (χ1) is 12.3. The average Bonchev–Trinajstić information content (AvgIpc) is 2.59. The lowest BCUT2D eigenvalue weighted by molar-refractivity contribution is -0.119. The van der Waals surface area contributed by atoms with Gasteiger partial charge in [0.1, 0.15) is 5.75 Å². The number of ether oxygens (including phenoxy) is 1. The van der Waals surface area contributed by atoms with Gasteiger partial charge in [-0.15, -0.1) is 0 Å². The summed E-state index contributed by atoms with van der Waals surface area (Å²) >= 11 is 0. The Morgan fingerprint density at radius 3 is 2.50 bits per heavy atom. The molecule has 4 N–H and O–H groups in total. The van der Waals surface area contributed by atoms with Crippen LogP contribution in [-0.4, -0.2) is 55.6 Å². The fourth-order valence-electron chi connectivity index (χ4n) is 2.72. The minimum absolute atomic E-state index is 0.123. The molecule has 0 atom stereocenters. The number of benzene rings is 1. The first-order valence-electron chi connectivity index (χ1n) is 9.03. The van der Waals surface area contributed by atoms with Crippen LogP contribution in [0.5, 0.6) is 5.75 Å². The third-order valence-corrected chi connectivity index (χ3v) is 3.95. The second-order valence-corrected chi connectivity index (χ2v) is 6.68. The van der Waals surface area contributed by atoms with Gasteiger partial charge in [0.15, 0.2) is 12.6 Å². The number of carbonyl (C=O) groups excluding carboxylic acids is 1. The number of hydrogen-bond donors (Lipinski definition) is 3. The summed E-state index contributed by atoms with van der Waals surface area (Å²) in [5.41, 5.74) is 6.12. The van der Waals surface area contributed by atoms with Gasteiger partial charge in [0.05, 0.1) is 0 Å². The Hall–Kier alpha value is -2.28. The Bertz CT molecular complexity index is 579. The number of nitrogens with one attached hydrogen (secondary N) is 2. The predicted molar refractivity (Wildman–Crippen MR) is 106 cm³/mol. The zero-order valence-electron chi connectivity index (χ0n) is 16.6. The van der Waals surface area contributed by atoms with E-state index in [-0.39, 0.29) is 6.61 Å². The van der Waals surface area contributed by atoms with E-state index < -0.39 is 5.91 Å². The van der Waals surface area contributed by atoms with Crippen LogP contribution in [0.15, 0.2) is 29.3 Å². The summed E-state index contributed by atoms with van der Waals surface area (Å²) in [6.45, 7) is 11.1. The highest BCUT2D eigenvalue weighted by Gasteiger charge is 2.12. The molecule has 1 aromatic carbocycles. The molecule has 0 radical (unpaired) electrons. The Morgan fingerprint density at radius 1 is 1.23 bits per heavy atom. The molecule has 0 spiro atoms. The number of nitrogens with two attached hydrogens (primary N) is 1. The number of aliphatic imine (C=N–C) groups is 1. The number of guanidine groups is 1. The number of carbonyl (C=O) groups is 1. The smallest absolute Gasteiger partial charge is 0.255 e. The van der Waals surface area contributed by atoms with Crippen molar-refractivity contribution in [1.82, 2.24) is 15.5 Å². The van der Waals surface area contributed by atoms with E-state index in [9.17, 15) is 4.79 Å². The highest BCUT2D eigenvalue weighted by atomic mass is 16.5. The van der Waals surface area contributed by atoms with E-state index in [1.165, 1.54) is 0 Å². The highest BCUT2D eigenvalue weighted by molar-refractivity contribution is 5.79. The molecule has 7 heteroatoms. The molecular formula is C19H33N5O2. The zero-order chi connectivity index (χ0) is 19.5. The van der Waals surface area contributed by atoms with Crippen LogP contribution in [0, 0.1) is 0 Å². The monoisotopic (exact) mass is 363 g/mol. The van der Waals surface area contributed by atoms with Gasteiger partial charge in [-0.05, 0) is 45.4 Å². The number of rotatable bonds is 10. The summed E-state index contributed by atoms with van der Waals surface area (Å²) in [4.78, 5) is 17.5. The van der Waals surface area contributed by atoms with E-state index in [2.05, 4.69) is 48.2 Å². The largest absolute Gasteiger partial charge is 0.484 e. The zero-order valence-corrected chi connectivity index (χ0v) is 16.6. The van der Waals surface area contributed by atoms with Crippen LogP contribution >= 0.6 is 0 Å². The molecule has 0 aliphatic heterocycles. The van der Waals surface area contributed by atoms with Crippen LogP contribution in [0.25, 0.3) is 0 Å². The van der Waals surface area contributed by atoms with Crippen LogP contribution in [0.2, 0.25) is 0 Å². The van der Waals surface area contributed by atoms with Crippen molar-refractivity contribution in [3.63, 3.8) is 0 Å².